The van der Waals surface area contributed by atoms with E-state index in [1.165, 1.54) is 0 Å². The van der Waals surface area contributed by atoms with Crippen LogP contribution in [0, 0.1) is 12.8 Å². The van der Waals surface area contributed by atoms with E-state index in [1.54, 1.807) is 19.2 Å². The van der Waals surface area contributed by atoms with Crippen molar-refractivity contribution in [3.8, 4) is 0 Å². The Morgan fingerprint density at radius 1 is 1.22 bits per heavy atom. The Hall–Kier alpha value is -3.22. The number of pyridine rings is 1. The van der Waals surface area contributed by atoms with Gasteiger partial charge in [-0.1, -0.05) is 12.1 Å². The first-order chi connectivity index (χ1) is 13.0. The summed E-state index contributed by atoms with van der Waals surface area (Å²) in [5.41, 5.74) is 3.36. The normalized spacial score (nSPS) is 19.5. The molecule has 1 aromatic carbocycles. The molecule has 0 aliphatic heterocycles. The fourth-order valence-corrected chi connectivity index (χ4v) is 3.11. The average molecular weight is 363 g/mol. The number of carbonyl (C=O) groups is 2. The number of imidazole rings is 1. The van der Waals surface area contributed by atoms with Crippen LogP contribution in [0.3, 0.4) is 0 Å². The average Bonchev–Trinajstić information content (AvgIpc) is 3.35. The minimum absolute atomic E-state index is 0.0777. The van der Waals surface area contributed by atoms with E-state index in [0.29, 0.717) is 5.69 Å². The van der Waals surface area contributed by atoms with E-state index >= 15 is 0 Å². The zero-order chi connectivity index (χ0) is 19.0. The molecule has 1 aliphatic carbocycles. The topological polar surface area (TPSA) is 99.8 Å². The molecule has 1 saturated carbocycles. The van der Waals surface area contributed by atoms with Gasteiger partial charge in [-0.2, -0.15) is 0 Å². The number of carbonyl (C=O) groups excluding carboxylic acids is 2. The van der Waals surface area contributed by atoms with Gasteiger partial charge in [0.1, 0.15) is 11.9 Å². The number of fused-ring (bicyclic) bond motifs is 1. The second-order valence-electron chi connectivity index (χ2n) is 7.00. The number of benzene rings is 1. The Kier molecular flexibility index (Phi) is 4.35. The van der Waals surface area contributed by atoms with Crippen molar-refractivity contribution < 1.29 is 9.59 Å². The maximum absolute atomic E-state index is 12.5. The van der Waals surface area contributed by atoms with Crippen molar-refractivity contribution in [2.75, 3.05) is 5.32 Å². The molecule has 0 radical (unpaired) electrons. The first-order valence-electron chi connectivity index (χ1n) is 9.00. The molecule has 1 fully saturated rings. The van der Waals surface area contributed by atoms with E-state index in [0.717, 1.165) is 29.0 Å². The standard InChI is InChI=1S/C20H21N5O2/c1-11-7-8-13(10-21-11)23-19(26)12(2)22-20(27)15-9-14(15)18-24-16-5-3-4-6-17(16)25-18/h3-8,10,12,14-15H,9H2,1-2H3,(H,22,27)(H,23,26)(H,24,25). The number of aromatic amines is 1. The summed E-state index contributed by atoms with van der Waals surface area (Å²) >= 11 is 0. The fourth-order valence-electron chi connectivity index (χ4n) is 3.11. The van der Waals surface area contributed by atoms with E-state index < -0.39 is 6.04 Å². The van der Waals surface area contributed by atoms with Crippen molar-refractivity contribution in [1.82, 2.24) is 20.3 Å². The van der Waals surface area contributed by atoms with Gasteiger partial charge >= 0.3 is 0 Å². The number of rotatable bonds is 5. The van der Waals surface area contributed by atoms with E-state index in [4.69, 9.17) is 0 Å². The van der Waals surface area contributed by atoms with Crippen LogP contribution >= 0.6 is 0 Å². The lowest BCUT2D eigenvalue weighted by molar-refractivity contribution is -0.127. The van der Waals surface area contributed by atoms with Gasteiger partial charge in [-0.3, -0.25) is 14.6 Å². The number of aryl methyl sites for hydroxylation is 1. The van der Waals surface area contributed by atoms with Crippen LogP contribution in [0.15, 0.2) is 42.6 Å². The molecule has 138 valence electrons. The first-order valence-corrected chi connectivity index (χ1v) is 9.00. The Morgan fingerprint density at radius 3 is 2.78 bits per heavy atom. The summed E-state index contributed by atoms with van der Waals surface area (Å²) in [6.07, 6.45) is 2.34. The Labute approximate surface area is 156 Å². The molecule has 4 rings (SSSR count). The summed E-state index contributed by atoms with van der Waals surface area (Å²) in [6.45, 7) is 3.55. The van der Waals surface area contributed by atoms with Gasteiger partial charge in [0.2, 0.25) is 11.8 Å². The molecular formula is C20H21N5O2. The van der Waals surface area contributed by atoms with Crippen LogP contribution in [0.2, 0.25) is 0 Å². The summed E-state index contributed by atoms with van der Waals surface area (Å²) in [4.78, 5) is 36.7. The lowest BCUT2D eigenvalue weighted by Gasteiger charge is -2.14. The lowest BCUT2D eigenvalue weighted by Crippen LogP contribution is -2.42. The van der Waals surface area contributed by atoms with Gasteiger partial charge in [0.15, 0.2) is 0 Å². The van der Waals surface area contributed by atoms with E-state index in [-0.39, 0.29) is 23.7 Å². The molecule has 0 bridgehead atoms. The summed E-state index contributed by atoms with van der Waals surface area (Å²) in [6, 6.07) is 10.8. The predicted molar refractivity (Wildman–Crippen MR) is 102 cm³/mol. The molecule has 7 heteroatoms. The van der Waals surface area contributed by atoms with Gasteiger partial charge in [-0.05, 0) is 44.5 Å². The Balaban J connectivity index is 1.33. The molecular weight excluding hydrogens is 342 g/mol. The Bertz CT molecular complexity index is 962. The van der Waals surface area contributed by atoms with E-state index in [9.17, 15) is 9.59 Å². The highest BCUT2D eigenvalue weighted by Crippen LogP contribution is 2.46. The number of hydrogen-bond donors (Lipinski definition) is 3. The molecule has 2 amide bonds. The molecule has 27 heavy (non-hydrogen) atoms. The van der Waals surface area contributed by atoms with Crippen LogP contribution in [0.1, 0.15) is 30.8 Å². The first kappa shape index (κ1) is 17.2. The molecule has 2 heterocycles. The molecule has 1 aliphatic rings. The maximum atomic E-state index is 12.5. The van der Waals surface area contributed by atoms with Crippen molar-refractivity contribution in [1.29, 1.82) is 0 Å². The third-order valence-corrected chi connectivity index (χ3v) is 4.82. The number of aromatic nitrogens is 3. The number of nitrogens with one attached hydrogen (secondary N) is 3. The third kappa shape index (κ3) is 3.67. The van der Waals surface area contributed by atoms with Crippen LogP contribution in [0.4, 0.5) is 5.69 Å². The Morgan fingerprint density at radius 2 is 2.04 bits per heavy atom. The highest BCUT2D eigenvalue weighted by Gasteiger charge is 2.46. The number of nitrogens with zero attached hydrogens (tertiary/aromatic N) is 2. The van der Waals surface area contributed by atoms with Gasteiger partial charge in [0.05, 0.1) is 22.9 Å². The lowest BCUT2D eigenvalue weighted by atomic mass is 10.2. The number of amides is 2. The predicted octanol–water partition coefficient (Wildman–Crippen LogP) is 2.51. The van der Waals surface area contributed by atoms with Crippen molar-refractivity contribution in [2.24, 2.45) is 5.92 Å². The summed E-state index contributed by atoms with van der Waals surface area (Å²) in [7, 11) is 0. The quantitative estimate of drug-likeness (QED) is 0.648. The molecule has 2 aromatic heterocycles. The molecule has 3 atom stereocenters. The number of H-pyrrole nitrogens is 1. The smallest absolute Gasteiger partial charge is 0.246 e. The SMILES string of the molecule is Cc1ccc(NC(=O)C(C)NC(=O)C2CC2c2nc3ccccc3[nH]2)cn1. The van der Waals surface area contributed by atoms with Crippen molar-refractivity contribution in [3.05, 3.63) is 54.1 Å². The molecule has 3 N–H and O–H groups in total. The molecule has 7 nitrogen and oxygen atoms in total. The van der Waals surface area contributed by atoms with E-state index in [2.05, 4.69) is 25.6 Å². The second kappa shape index (κ2) is 6.83. The molecule has 3 aromatic rings. The molecule has 3 unspecified atom stereocenters. The minimum Gasteiger partial charge on any atom is -0.344 e. The number of anilines is 1. The number of para-hydroxylation sites is 2. The minimum atomic E-state index is -0.629. The van der Waals surface area contributed by atoms with Gasteiger partial charge in [0, 0.05) is 17.5 Å². The fraction of sp³-hybridized carbons (Fsp3) is 0.300. The monoisotopic (exact) mass is 363 g/mol. The second-order valence-corrected chi connectivity index (χ2v) is 7.00. The summed E-state index contributed by atoms with van der Waals surface area (Å²) < 4.78 is 0. The van der Waals surface area contributed by atoms with Gasteiger partial charge < -0.3 is 15.6 Å². The third-order valence-electron chi connectivity index (χ3n) is 4.82. The van der Waals surface area contributed by atoms with Crippen LogP contribution in [-0.2, 0) is 9.59 Å². The zero-order valence-electron chi connectivity index (χ0n) is 15.2. The highest BCUT2D eigenvalue weighted by atomic mass is 16.2. The molecule has 0 saturated heterocycles. The largest absolute Gasteiger partial charge is 0.344 e. The van der Waals surface area contributed by atoms with Crippen molar-refractivity contribution in [3.63, 3.8) is 0 Å². The van der Waals surface area contributed by atoms with Gasteiger partial charge in [-0.15, -0.1) is 0 Å². The summed E-state index contributed by atoms with van der Waals surface area (Å²) in [5.74, 6) is 0.370. The van der Waals surface area contributed by atoms with Crippen LogP contribution in [-0.4, -0.2) is 32.8 Å². The summed E-state index contributed by atoms with van der Waals surface area (Å²) in [5, 5.41) is 5.55. The highest BCUT2D eigenvalue weighted by molar-refractivity contribution is 5.97. The van der Waals surface area contributed by atoms with Crippen molar-refractivity contribution in [2.45, 2.75) is 32.2 Å². The maximum Gasteiger partial charge on any atom is 0.246 e. The number of hydrogen-bond acceptors (Lipinski definition) is 4. The van der Waals surface area contributed by atoms with Crippen LogP contribution < -0.4 is 10.6 Å². The van der Waals surface area contributed by atoms with Gasteiger partial charge in [-0.25, -0.2) is 4.98 Å². The van der Waals surface area contributed by atoms with Gasteiger partial charge in [0.25, 0.3) is 0 Å². The molecule has 0 spiro atoms. The van der Waals surface area contributed by atoms with E-state index in [1.807, 2.05) is 37.3 Å². The van der Waals surface area contributed by atoms with Crippen LogP contribution in [0.5, 0.6) is 0 Å². The van der Waals surface area contributed by atoms with Crippen LogP contribution in [0.25, 0.3) is 11.0 Å². The zero-order valence-corrected chi connectivity index (χ0v) is 15.2. The van der Waals surface area contributed by atoms with Crippen molar-refractivity contribution >= 4 is 28.5 Å².